The topological polar surface area (TPSA) is 143 Å². The van der Waals surface area contributed by atoms with Gasteiger partial charge in [0.2, 0.25) is 0 Å². The Hall–Kier alpha value is -2.63. The molecule has 0 fully saturated rings. The number of amides is 1. The van der Waals surface area contributed by atoms with Gasteiger partial charge in [-0.1, -0.05) is 0 Å². The number of tetrazole rings is 2. The van der Waals surface area contributed by atoms with Crippen molar-refractivity contribution in [2.45, 2.75) is 72.3 Å². The minimum Gasteiger partial charge on any atom is -0.444 e. The number of carbonyl (C=O) groups excluding carboxylic acids is 1. The molecule has 12 nitrogen and oxygen atoms in total. The number of nitrogens with two attached hydrogens (primary N) is 1. The van der Waals surface area contributed by atoms with Crippen molar-refractivity contribution in [3.8, 4) is 0 Å². The third-order valence-corrected chi connectivity index (χ3v) is 3.68. The molecule has 0 bridgehead atoms. The number of aryl methyl sites for hydroxylation is 2. The molecule has 1 atom stereocenters. The first kappa shape index (κ1) is 20.7. The van der Waals surface area contributed by atoms with E-state index in [4.69, 9.17) is 10.5 Å². The Labute approximate surface area is 158 Å². The fourth-order valence-corrected chi connectivity index (χ4v) is 2.36. The Morgan fingerprint density at radius 2 is 1.96 bits per heavy atom. The molecular weight excluding hydrogens is 352 g/mol. The molecule has 0 aliphatic carbocycles. The van der Waals surface area contributed by atoms with E-state index >= 15 is 0 Å². The van der Waals surface area contributed by atoms with E-state index in [0.29, 0.717) is 44.1 Å². The van der Waals surface area contributed by atoms with Crippen LogP contribution in [0.25, 0.3) is 0 Å². The average molecular weight is 380 g/mol. The Kier molecular flexibility index (Phi) is 6.77. The largest absolute Gasteiger partial charge is 0.444 e. The van der Waals surface area contributed by atoms with Gasteiger partial charge in [-0.15, -0.1) is 15.3 Å². The maximum absolute atomic E-state index is 12.7. The van der Waals surface area contributed by atoms with Crippen molar-refractivity contribution < 1.29 is 9.53 Å². The summed E-state index contributed by atoms with van der Waals surface area (Å²) in [6.45, 7) is 10.8. The molecule has 2 aromatic heterocycles. The minimum absolute atomic E-state index is 0.291. The second-order valence-electron chi connectivity index (χ2n) is 7.00. The van der Waals surface area contributed by atoms with Crippen molar-refractivity contribution >= 4 is 6.09 Å². The summed E-state index contributed by atoms with van der Waals surface area (Å²) in [6, 6.07) is 0. The monoisotopic (exact) mass is 380 g/mol. The Balaban J connectivity index is 2.11. The van der Waals surface area contributed by atoms with Gasteiger partial charge in [0.1, 0.15) is 5.60 Å². The lowest BCUT2D eigenvalue weighted by Gasteiger charge is -2.31. The molecule has 12 heteroatoms. The van der Waals surface area contributed by atoms with Crippen LogP contribution in [-0.2, 0) is 30.7 Å². The second-order valence-corrected chi connectivity index (χ2v) is 7.00. The van der Waals surface area contributed by atoms with E-state index in [-0.39, 0.29) is 0 Å². The van der Waals surface area contributed by atoms with Gasteiger partial charge >= 0.3 is 6.09 Å². The van der Waals surface area contributed by atoms with E-state index in [1.807, 2.05) is 13.8 Å². The van der Waals surface area contributed by atoms with Crippen LogP contribution in [0.4, 0.5) is 4.79 Å². The zero-order chi connectivity index (χ0) is 20.0. The van der Waals surface area contributed by atoms with Crippen molar-refractivity contribution in [1.82, 2.24) is 45.3 Å². The molecular formula is C15H28N10O2. The predicted octanol–water partition coefficient (Wildman–Crippen LogP) is 0.00650. The van der Waals surface area contributed by atoms with Crippen LogP contribution in [0.5, 0.6) is 0 Å². The first-order chi connectivity index (χ1) is 12.7. The van der Waals surface area contributed by atoms with E-state index < -0.39 is 17.9 Å². The molecule has 2 rings (SSSR count). The molecule has 1 amide bonds. The third kappa shape index (κ3) is 5.94. The molecule has 1 unspecified atom stereocenters. The van der Waals surface area contributed by atoms with Crippen molar-refractivity contribution in [2.75, 3.05) is 6.54 Å². The maximum Gasteiger partial charge on any atom is 0.411 e. The van der Waals surface area contributed by atoms with E-state index in [1.54, 1.807) is 25.5 Å². The van der Waals surface area contributed by atoms with Crippen LogP contribution in [-0.4, -0.2) is 69.7 Å². The van der Waals surface area contributed by atoms with Crippen molar-refractivity contribution in [3.63, 3.8) is 0 Å². The molecule has 0 saturated heterocycles. The number of nitrogens with zero attached hydrogens (tertiary/aromatic N) is 9. The quantitative estimate of drug-likeness (QED) is 0.626. The fraction of sp³-hybridized carbons (Fsp3) is 0.800. The molecule has 2 aromatic rings. The van der Waals surface area contributed by atoms with Crippen LogP contribution in [0.3, 0.4) is 0 Å². The van der Waals surface area contributed by atoms with Gasteiger partial charge in [0, 0.05) is 25.9 Å². The van der Waals surface area contributed by atoms with E-state index in [9.17, 15) is 4.79 Å². The highest BCUT2D eigenvalue weighted by Gasteiger charge is 2.28. The predicted molar refractivity (Wildman–Crippen MR) is 95.3 cm³/mol. The number of hydrogen-bond acceptors (Lipinski definition) is 9. The average Bonchev–Trinajstić information content (AvgIpc) is 3.22. The molecule has 2 heterocycles. The summed E-state index contributed by atoms with van der Waals surface area (Å²) in [5, 5.41) is 23.7. The molecule has 0 aliphatic rings. The molecule has 0 aromatic carbocycles. The zero-order valence-electron chi connectivity index (χ0n) is 16.5. The Morgan fingerprint density at radius 3 is 2.56 bits per heavy atom. The summed E-state index contributed by atoms with van der Waals surface area (Å²) >= 11 is 0. The normalized spacial score (nSPS) is 12.8. The van der Waals surface area contributed by atoms with Gasteiger partial charge in [-0.05, 0) is 50.3 Å². The number of carbonyl (C=O) groups is 1. The maximum atomic E-state index is 12.7. The molecule has 0 radical (unpaired) electrons. The lowest BCUT2D eigenvalue weighted by molar-refractivity contribution is 0.0164. The summed E-state index contributed by atoms with van der Waals surface area (Å²) in [5.74, 6) is 1.14. The minimum atomic E-state index is -0.655. The van der Waals surface area contributed by atoms with Crippen LogP contribution in [0.1, 0.15) is 46.3 Å². The zero-order valence-corrected chi connectivity index (χ0v) is 16.5. The molecule has 0 aliphatic heterocycles. The van der Waals surface area contributed by atoms with Gasteiger partial charge < -0.3 is 10.5 Å². The highest BCUT2D eigenvalue weighted by molar-refractivity contribution is 5.68. The summed E-state index contributed by atoms with van der Waals surface area (Å²) < 4.78 is 7.14. The molecule has 0 saturated carbocycles. The van der Waals surface area contributed by atoms with Crippen molar-refractivity contribution in [1.29, 1.82) is 0 Å². The van der Waals surface area contributed by atoms with Gasteiger partial charge in [-0.25, -0.2) is 9.48 Å². The smallest absolute Gasteiger partial charge is 0.411 e. The van der Waals surface area contributed by atoms with Gasteiger partial charge in [0.05, 0.1) is 12.7 Å². The van der Waals surface area contributed by atoms with E-state index in [0.717, 1.165) is 0 Å². The third-order valence-electron chi connectivity index (χ3n) is 3.68. The van der Waals surface area contributed by atoms with Crippen LogP contribution in [0.15, 0.2) is 0 Å². The van der Waals surface area contributed by atoms with E-state index in [1.165, 1.54) is 9.70 Å². The first-order valence-corrected chi connectivity index (χ1v) is 9.00. The van der Waals surface area contributed by atoms with Gasteiger partial charge in [-0.2, -0.15) is 4.80 Å². The van der Waals surface area contributed by atoms with Gasteiger partial charge in [0.15, 0.2) is 11.6 Å². The molecule has 150 valence electrons. The molecule has 2 N–H and O–H groups in total. The second kappa shape index (κ2) is 8.84. The van der Waals surface area contributed by atoms with Crippen LogP contribution in [0.2, 0.25) is 0 Å². The Bertz CT molecular complexity index is 735. The number of hydrogen-bond donors (Lipinski definition) is 1. The fourth-order valence-electron chi connectivity index (χ4n) is 2.36. The summed E-state index contributed by atoms with van der Waals surface area (Å²) in [7, 11) is 0. The highest BCUT2D eigenvalue weighted by Crippen LogP contribution is 2.13. The first-order valence-electron chi connectivity index (χ1n) is 9.00. The van der Waals surface area contributed by atoms with E-state index in [2.05, 4.69) is 30.9 Å². The highest BCUT2D eigenvalue weighted by atomic mass is 16.6. The molecule has 27 heavy (non-hydrogen) atoms. The van der Waals surface area contributed by atoms with Crippen molar-refractivity contribution in [3.05, 3.63) is 11.6 Å². The number of rotatable bonds is 8. The van der Waals surface area contributed by atoms with Crippen LogP contribution >= 0.6 is 0 Å². The standard InChI is InChI=1S/C15H28N10O2/c1-6-24-13(18-20-22-24)10-11(16)23(14(26)27-15(3,4)5)9-8-12-17-21-25(7-2)19-12/h11H,6-10,16H2,1-5H3. The van der Waals surface area contributed by atoms with Crippen molar-refractivity contribution in [2.24, 2.45) is 5.73 Å². The van der Waals surface area contributed by atoms with Crippen LogP contribution in [0, 0.1) is 0 Å². The summed E-state index contributed by atoms with van der Waals surface area (Å²) in [4.78, 5) is 15.6. The van der Waals surface area contributed by atoms with Gasteiger partial charge in [-0.3, -0.25) is 4.90 Å². The lowest BCUT2D eigenvalue weighted by atomic mass is 10.2. The van der Waals surface area contributed by atoms with Gasteiger partial charge in [0.25, 0.3) is 0 Å². The Morgan fingerprint density at radius 1 is 1.22 bits per heavy atom. The SMILES string of the molecule is CCn1nnc(CCN(C(=O)OC(C)(C)C)C(N)Cc2nnnn2CC)n1. The summed E-state index contributed by atoms with van der Waals surface area (Å²) in [5.41, 5.74) is 5.67. The molecule has 0 spiro atoms. The number of ether oxygens (including phenoxy) is 1. The summed E-state index contributed by atoms with van der Waals surface area (Å²) in [6.07, 6.45) is -0.452. The van der Waals surface area contributed by atoms with Crippen LogP contribution < -0.4 is 5.73 Å². The lowest BCUT2D eigenvalue weighted by Crippen LogP contribution is -2.50. The number of aromatic nitrogens is 8.